The molecule has 0 fully saturated rings. The predicted octanol–water partition coefficient (Wildman–Crippen LogP) is 2.86. The maximum absolute atomic E-state index is 12.7. The molecule has 2 amide bonds. The number of fused-ring (bicyclic) bond motifs is 1. The molecule has 2 atom stereocenters. The number of hydrogen-bond acceptors (Lipinski definition) is 4. The number of nitrogens with zero attached hydrogens (tertiary/aromatic N) is 2. The quantitative estimate of drug-likeness (QED) is 0.671. The van der Waals surface area contributed by atoms with Crippen molar-refractivity contribution in [1.82, 2.24) is 20.0 Å². The summed E-state index contributed by atoms with van der Waals surface area (Å²) < 4.78 is 1.93. The van der Waals surface area contributed by atoms with E-state index in [4.69, 9.17) is 0 Å². The van der Waals surface area contributed by atoms with Crippen LogP contribution < -0.4 is 10.6 Å². The Morgan fingerprint density at radius 3 is 2.73 bits per heavy atom. The lowest BCUT2D eigenvalue weighted by molar-refractivity contribution is -0.124. The van der Waals surface area contributed by atoms with Gasteiger partial charge in [0.2, 0.25) is 5.91 Å². The Labute approximate surface area is 156 Å². The van der Waals surface area contributed by atoms with Gasteiger partial charge < -0.3 is 10.6 Å². The molecular formula is C19H22N4O2S. The molecule has 26 heavy (non-hydrogen) atoms. The predicted molar refractivity (Wildman–Crippen MR) is 102 cm³/mol. The normalized spacial score (nSPS) is 13.3. The van der Waals surface area contributed by atoms with Crippen LogP contribution in [0.2, 0.25) is 0 Å². The first-order valence-electron chi connectivity index (χ1n) is 8.63. The number of rotatable bonds is 7. The molecule has 0 spiro atoms. The molecule has 0 aliphatic carbocycles. The molecule has 6 nitrogen and oxygen atoms in total. The minimum Gasteiger partial charge on any atom is -0.349 e. The van der Waals surface area contributed by atoms with Crippen molar-refractivity contribution in [3.63, 3.8) is 0 Å². The molecule has 0 saturated heterocycles. The first kappa shape index (κ1) is 18.1. The van der Waals surface area contributed by atoms with Gasteiger partial charge in [0.25, 0.3) is 5.91 Å². The van der Waals surface area contributed by atoms with Gasteiger partial charge in [-0.15, -0.1) is 11.3 Å². The summed E-state index contributed by atoms with van der Waals surface area (Å²) in [5.74, 6) is -0.415. The number of aromatic nitrogens is 2. The third-order valence-corrected chi connectivity index (χ3v) is 5.18. The zero-order chi connectivity index (χ0) is 18.5. The summed E-state index contributed by atoms with van der Waals surface area (Å²) in [5, 5.41) is 7.73. The van der Waals surface area contributed by atoms with Crippen LogP contribution in [0, 0.1) is 5.92 Å². The van der Waals surface area contributed by atoms with Gasteiger partial charge in [-0.2, -0.15) is 0 Å². The van der Waals surface area contributed by atoms with Crippen LogP contribution in [0.1, 0.15) is 36.3 Å². The van der Waals surface area contributed by atoms with Crippen molar-refractivity contribution >= 4 is 28.1 Å². The van der Waals surface area contributed by atoms with Gasteiger partial charge in [0.15, 0.2) is 4.96 Å². The molecule has 0 saturated carbocycles. The molecule has 3 rings (SSSR count). The molecule has 0 radical (unpaired) electrons. The number of carbonyl (C=O) groups is 2. The molecule has 2 aromatic heterocycles. The largest absolute Gasteiger partial charge is 0.349 e. The van der Waals surface area contributed by atoms with Gasteiger partial charge in [-0.1, -0.05) is 38.5 Å². The number of nitrogens with one attached hydrogen (secondary N) is 2. The summed E-state index contributed by atoms with van der Waals surface area (Å²) in [6.07, 6.45) is 4.61. The van der Waals surface area contributed by atoms with E-state index in [1.54, 1.807) is 35.6 Å². The van der Waals surface area contributed by atoms with Gasteiger partial charge >= 0.3 is 0 Å². The summed E-state index contributed by atoms with van der Waals surface area (Å²) in [7, 11) is 0. The zero-order valence-electron chi connectivity index (χ0n) is 14.8. The molecule has 136 valence electrons. The number of amides is 2. The maximum Gasteiger partial charge on any atom is 0.251 e. The van der Waals surface area contributed by atoms with Gasteiger partial charge in [-0.3, -0.25) is 14.0 Å². The van der Waals surface area contributed by atoms with E-state index in [1.807, 2.05) is 42.1 Å². The van der Waals surface area contributed by atoms with E-state index in [0.29, 0.717) is 12.1 Å². The van der Waals surface area contributed by atoms with Gasteiger partial charge in [-0.05, 0) is 18.1 Å². The molecule has 3 aromatic rings. The Balaban J connectivity index is 1.65. The Bertz CT molecular complexity index is 859. The van der Waals surface area contributed by atoms with Gasteiger partial charge in [0.1, 0.15) is 6.04 Å². The third-order valence-electron chi connectivity index (χ3n) is 4.40. The molecule has 2 heterocycles. The maximum atomic E-state index is 12.7. The van der Waals surface area contributed by atoms with E-state index < -0.39 is 6.04 Å². The topological polar surface area (TPSA) is 75.5 Å². The van der Waals surface area contributed by atoms with Gasteiger partial charge in [0.05, 0.1) is 12.2 Å². The second kappa shape index (κ2) is 8.14. The smallest absolute Gasteiger partial charge is 0.251 e. The van der Waals surface area contributed by atoms with Crippen LogP contribution in [-0.4, -0.2) is 27.2 Å². The molecule has 1 aromatic carbocycles. The van der Waals surface area contributed by atoms with Crippen LogP contribution in [0.5, 0.6) is 0 Å². The van der Waals surface area contributed by atoms with Crippen molar-refractivity contribution < 1.29 is 9.59 Å². The van der Waals surface area contributed by atoms with Crippen LogP contribution in [0.3, 0.4) is 0 Å². The highest BCUT2D eigenvalue weighted by molar-refractivity contribution is 7.15. The van der Waals surface area contributed by atoms with E-state index in [2.05, 4.69) is 15.6 Å². The van der Waals surface area contributed by atoms with Crippen LogP contribution >= 0.6 is 11.3 Å². The number of thiazole rings is 1. The van der Waals surface area contributed by atoms with Crippen LogP contribution in [0.4, 0.5) is 0 Å². The van der Waals surface area contributed by atoms with E-state index in [0.717, 1.165) is 17.1 Å². The summed E-state index contributed by atoms with van der Waals surface area (Å²) >= 11 is 1.55. The lowest BCUT2D eigenvalue weighted by Crippen LogP contribution is -2.50. The summed E-state index contributed by atoms with van der Waals surface area (Å²) in [6, 6.07) is 8.34. The lowest BCUT2D eigenvalue weighted by Gasteiger charge is -2.23. The number of hydrogen-bond donors (Lipinski definition) is 2. The third kappa shape index (κ3) is 4.11. The second-order valence-electron chi connectivity index (χ2n) is 6.25. The van der Waals surface area contributed by atoms with E-state index in [9.17, 15) is 9.59 Å². The highest BCUT2D eigenvalue weighted by Gasteiger charge is 2.26. The van der Waals surface area contributed by atoms with Crippen LogP contribution in [0.15, 0.2) is 48.1 Å². The molecule has 0 bridgehead atoms. The Morgan fingerprint density at radius 2 is 2.04 bits per heavy atom. The minimum atomic E-state index is -0.587. The van der Waals surface area contributed by atoms with Crippen molar-refractivity contribution in [1.29, 1.82) is 0 Å². The number of carbonyl (C=O) groups excluding carboxylic acids is 2. The molecule has 2 N–H and O–H groups in total. The van der Waals surface area contributed by atoms with Crippen molar-refractivity contribution in [3.05, 3.63) is 59.4 Å². The molecular weight excluding hydrogens is 348 g/mol. The Morgan fingerprint density at radius 1 is 1.27 bits per heavy atom. The van der Waals surface area contributed by atoms with Gasteiger partial charge in [-0.25, -0.2) is 4.98 Å². The fraction of sp³-hybridized carbons (Fsp3) is 0.316. The standard InChI is InChI=1S/C19H22N4O2S/c1-3-13(2)16(22-17(24)14-7-5-4-6-8-14)18(25)20-11-15-12-23-9-10-26-19(23)21-15/h4-10,12-13,16H,3,11H2,1-2H3,(H,20,25)(H,22,24). The summed E-state index contributed by atoms with van der Waals surface area (Å²) in [5.41, 5.74) is 1.34. The SMILES string of the molecule is CCC(C)C(NC(=O)c1ccccc1)C(=O)NCc1cn2ccsc2n1. The van der Waals surface area contributed by atoms with Crippen molar-refractivity contribution in [3.8, 4) is 0 Å². The highest BCUT2D eigenvalue weighted by atomic mass is 32.1. The summed E-state index contributed by atoms with van der Waals surface area (Å²) in [4.78, 5) is 30.5. The lowest BCUT2D eigenvalue weighted by atomic mass is 9.98. The average Bonchev–Trinajstić information content (AvgIpc) is 3.25. The monoisotopic (exact) mass is 370 g/mol. The molecule has 0 aliphatic heterocycles. The molecule has 7 heteroatoms. The second-order valence-corrected chi connectivity index (χ2v) is 7.12. The minimum absolute atomic E-state index is 0.0214. The average molecular weight is 370 g/mol. The van der Waals surface area contributed by atoms with Crippen LogP contribution in [0.25, 0.3) is 4.96 Å². The van der Waals surface area contributed by atoms with Crippen LogP contribution in [-0.2, 0) is 11.3 Å². The van der Waals surface area contributed by atoms with Crippen molar-refractivity contribution in [2.24, 2.45) is 5.92 Å². The fourth-order valence-electron chi connectivity index (χ4n) is 2.66. The molecule has 0 aliphatic rings. The first-order chi connectivity index (χ1) is 12.6. The molecule has 2 unspecified atom stereocenters. The van der Waals surface area contributed by atoms with Crippen molar-refractivity contribution in [2.45, 2.75) is 32.9 Å². The number of benzene rings is 1. The summed E-state index contributed by atoms with van der Waals surface area (Å²) in [6.45, 7) is 4.30. The van der Waals surface area contributed by atoms with E-state index >= 15 is 0 Å². The Kier molecular flexibility index (Phi) is 5.68. The first-order valence-corrected chi connectivity index (χ1v) is 9.51. The Hall–Kier alpha value is -2.67. The van der Waals surface area contributed by atoms with E-state index in [1.165, 1.54) is 0 Å². The highest BCUT2D eigenvalue weighted by Crippen LogP contribution is 2.12. The van der Waals surface area contributed by atoms with Crippen molar-refractivity contribution in [2.75, 3.05) is 0 Å². The van der Waals surface area contributed by atoms with Gasteiger partial charge in [0, 0.05) is 23.3 Å². The fourth-order valence-corrected chi connectivity index (χ4v) is 3.38. The van der Waals surface area contributed by atoms with E-state index in [-0.39, 0.29) is 17.7 Å². The number of imidazole rings is 1. The zero-order valence-corrected chi connectivity index (χ0v) is 15.6.